The predicted octanol–water partition coefficient (Wildman–Crippen LogP) is 3.07. The molecule has 1 atom stereocenters. The van der Waals surface area contributed by atoms with E-state index in [9.17, 15) is 4.79 Å². The van der Waals surface area contributed by atoms with Crippen molar-refractivity contribution in [1.82, 2.24) is 5.32 Å². The minimum absolute atomic E-state index is 0.00542. The number of hydrogen-bond acceptors (Lipinski definition) is 4. The summed E-state index contributed by atoms with van der Waals surface area (Å²) >= 11 is 5.94. The number of halogens is 1. The summed E-state index contributed by atoms with van der Waals surface area (Å²) in [6, 6.07) is 10.5. The molecule has 2 aromatic carbocycles. The second kappa shape index (κ2) is 6.08. The van der Waals surface area contributed by atoms with Gasteiger partial charge in [0, 0.05) is 23.7 Å². The van der Waals surface area contributed by atoms with E-state index >= 15 is 0 Å². The van der Waals surface area contributed by atoms with Gasteiger partial charge in [-0.05, 0) is 36.8 Å². The van der Waals surface area contributed by atoms with Gasteiger partial charge in [0.25, 0.3) is 0 Å². The van der Waals surface area contributed by atoms with E-state index < -0.39 is 0 Å². The highest BCUT2D eigenvalue weighted by Gasteiger charge is 2.09. The predicted molar refractivity (Wildman–Crippen MR) is 88.4 cm³/mol. The van der Waals surface area contributed by atoms with Crippen LogP contribution in [0.2, 0.25) is 5.02 Å². The Morgan fingerprint density at radius 1 is 1.18 bits per heavy atom. The van der Waals surface area contributed by atoms with E-state index in [1.807, 2.05) is 19.1 Å². The van der Waals surface area contributed by atoms with Crippen LogP contribution in [0.1, 0.15) is 12.5 Å². The van der Waals surface area contributed by atoms with Crippen LogP contribution in [-0.4, -0.2) is 17.8 Å². The van der Waals surface area contributed by atoms with Gasteiger partial charge in [0.2, 0.25) is 5.43 Å². The molecule has 0 spiro atoms. The van der Waals surface area contributed by atoms with Crippen molar-refractivity contribution in [3.8, 4) is 0 Å². The van der Waals surface area contributed by atoms with Gasteiger partial charge in [-0.1, -0.05) is 17.7 Å². The minimum atomic E-state index is -0.0648. The quantitative estimate of drug-likeness (QED) is 0.726. The Hall–Kier alpha value is -1.88. The van der Waals surface area contributed by atoms with Gasteiger partial charge in [-0.15, -0.1) is 0 Å². The summed E-state index contributed by atoms with van der Waals surface area (Å²) < 4.78 is 5.76. The van der Waals surface area contributed by atoms with Gasteiger partial charge < -0.3 is 14.8 Å². The van der Waals surface area contributed by atoms with E-state index in [-0.39, 0.29) is 18.1 Å². The van der Waals surface area contributed by atoms with Crippen molar-refractivity contribution in [2.24, 2.45) is 0 Å². The average molecular weight is 318 g/mol. The van der Waals surface area contributed by atoms with E-state index in [2.05, 4.69) is 5.32 Å². The Labute approximate surface area is 132 Å². The number of fused-ring (bicyclic) bond motifs is 2. The summed E-state index contributed by atoms with van der Waals surface area (Å²) in [4.78, 5) is 12.6. The zero-order valence-electron chi connectivity index (χ0n) is 12.1. The van der Waals surface area contributed by atoms with Crippen molar-refractivity contribution in [1.29, 1.82) is 0 Å². The van der Waals surface area contributed by atoms with Crippen LogP contribution in [0.4, 0.5) is 0 Å². The summed E-state index contributed by atoms with van der Waals surface area (Å²) in [5, 5.41) is 13.8. The smallest absolute Gasteiger partial charge is 0.200 e. The molecule has 0 saturated heterocycles. The van der Waals surface area contributed by atoms with E-state index in [1.54, 1.807) is 24.3 Å². The highest BCUT2D eigenvalue weighted by Crippen LogP contribution is 2.22. The highest BCUT2D eigenvalue weighted by molar-refractivity contribution is 6.31. The van der Waals surface area contributed by atoms with Gasteiger partial charge in [-0.2, -0.15) is 0 Å². The Kier molecular flexibility index (Phi) is 4.16. The first-order valence-corrected chi connectivity index (χ1v) is 7.45. The van der Waals surface area contributed by atoms with E-state index in [1.165, 1.54) is 0 Å². The molecule has 22 heavy (non-hydrogen) atoms. The van der Waals surface area contributed by atoms with E-state index in [0.29, 0.717) is 33.5 Å². The third kappa shape index (κ3) is 2.86. The zero-order valence-corrected chi connectivity index (χ0v) is 12.9. The second-order valence-corrected chi connectivity index (χ2v) is 5.80. The fourth-order valence-corrected chi connectivity index (χ4v) is 2.50. The highest BCUT2D eigenvalue weighted by atomic mass is 35.5. The molecule has 1 aromatic heterocycles. The number of aliphatic hydroxyl groups excluding tert-OH is 1. The van der Waals surface area contributed by atoms with E-state index in [4.69, 9.17) is 21.1 Å². The molecule has 3 rings (SSSR count). The first-order chi connectivity index (χ1) is 10.6. The lowest BCUT2D eigenvalue weighted by Crippen LogP contribution is -2.28. The molecule has 114 valence electrons. The molecule has 0 fully saturated rings. The molecule has 0 saturated carbocycles. The van der Waals surface area contributed by atoms with Crippen LogP contribution in [0.15, 0.2) is 45.6 Å². The molecule has 1 heterocycles. The van der Waals surface area contributed by atoms with Crippen LogP contribution in [0.25, 0.3) is 21.9 Å². The molecular weight excluding hydrogens is 302 g/mol. The summed E-state index contributed by atoms with van der Waals surface area (Å²) in [6.45, 7) is 2.55. The Balaban J connectivity index is 2.08. The van der Waals surface area contributed by atoms with Gasteiger partial charge in [-0.3, -0.25) is 4.79 Å². The van der Waals surface area contributed by atoms with Crippen LogP contribution in [0, 0.1) is 0 Å². The van der Waals surface area contributed by atoms with Crippen molar-refractivity contribution in [2.45, 2.75) is 19.5 Å². The zero-order chi connectivity index (χ0) is 15.7. The van der Waals surface area contributed by atoms with Crippen molar-refractivity contribution in [3.05, 3.63) is 57.2 Å². The van der Waals surface area contributed by atoms with Crippen LogP contribution in [0.3, 0.4) is 0 Å². The monoisotopic (exact) mass is 317 g/mol. The number of aliphatic hydroxyl groups is 1. The number of hydrogen-bond donors (Lipinski definition) is 2. The maximum absolute atomic E-state index is 12.6. The molecule has 0 amide bonds. The van der Waals surface area contributed by atoms with Crippen molar-refractivity contribution in [3.63, 3.8) is 0 Å². The number of rotatable bonds is 4. The summed E-state index contributed by atoms with van der Waals surface area (Å²) in [6.07, 6.45) is 0. The minimum Gasteiger partial charge on any atom is -0.456 e. The molecule has 0 bridgehead atoms. The molecule has 5 heteroatoms. The summed E-state index contributed by atoms with van der Waals surface area (Å²) in [5.74, 6) is 0. The van der Waals surface area contributed by atoms with Crippen molar-refractivity contribution >= 4 is 33.5 Å². The first kappa shape index (κ1) is 15.0. The van der Waals surface area contributed by atoms with E-state index in [0.717, 1.165) is 5.56 Å². The SMILES string of the molecule is C[C@H](CO)NCc1ccc2oc3cc(Cl)ccc3c(=O)c2c1. The van der Waals surface area contributed by atoms with Crippen LogP contribution >= 0.6 is 11.6 Å². The van der Waals surface area contributed by atoms with Gasteiger partial charge in [0.05, 0.1) is 17.4 Å². The molecule has 0 radical (unpaired) electrons. The second-order valence-electron chi connectivity index (χ2n) is 5.37. The lowest BCUT2D eigenvalue weighted by molar-refractivity contribution is 0.251. The molecule has 0 aliphatic rings. The fraction of sp³-hybridized carbons (Fsp3) is 0.235. The van der Waals surface area contributed by atoms with Gasteiger partial charge in [-0.25, -0.2) is 0 Å². The van der Waals surface area contributed by atoms with Gasteiger partial charge in [0.15, 0.2) is 0 Å². The molecule has 0 unspecified atom stereocenters. The third-order valence-corrected chi connectivity index (χ3v) is 3.86. The van der Waals surface area contributed by atoms with Gasteiger partial charge in [0.1, 0.15) is 11.2 Å². The lowest BCUT2D eigenvalue weighted by Gasteiger charge is -2.11. The summed E-state index contributed by atoms with van der Waals surface area (Å²) in [7, 11) is 0. The normalized spacial score (nSPS) is 12.9. The molecule has 0 aliphatic carbocycles. The maximum atomic E-state index is 12.6. The van der Waals surface area contributed by atoms with Gasteiger partial charge >= 0.3 is 0 Å². The molecule has 0 aliphatic heterocycles. The van der Waals surface area contributed by atoms with Crippen molar-refractivity contribution < 1.29 is 9.52 Å². The van der Waals surface area contributed by atoms with Crippen LogP contribution < -0.4 is 10.7 Å². The largest absolute Gasteiger partial charge is 0.456 e. The topological polar surface area (TPSA) is 62.5 Å². The fourth-order valence-electron chi connectivity index (χ4n) is 2.34. The third-order valence-electron chi connectivity index (χ3n) is 3.63. The molecule has 3 aromatic rings. The first-order valence-electron chi connectivity index (χ1n) is 7.08. The van der Waals surface area contributed by atoms with Crippen LogP contribution in [0.5, 0.6) is 0 Å². The van der Waals surface area contributed by atoms with Crippen LogP contribution in [-0.2, 0) is 6.54 Å². The number of benzene rings is 2. The lowest BCUT2D eigenvalue weighted by atomic mass is 10.1. The Morgan fingerprint density at radius 3 is 2.77 bits per heavy atom. The average Bonchev–Trinajstić information content (AvgIpc) is 2.52. The van der Waals surface area contributed by atoms with Crippen molar-refractivity contribution in [2.75, 3.05) is 6.61 Å². The number of nitrogens with one attached hydrogen (secondary N) is 1. The molecule has 2 N–H and O–H groups in total. The Bertz CT molecular complexity index is 888. The maximum Gasteiger partial charge on any atom is 0.200 e. The Morgan fingerprint density at radius 2 is 2.00 bits per heavy atom. The standard InChI is InChI=1S/C17H16ClNO3/c1-10(9-20)19-8-11-2-5-15-14(6-11)17(21)13-4-3-12(18)7-16(13)22-15/h2-7,10,19-20H,8-9H2,1H3/t10-/m1/s1. The molecule has 4 nitrogen and oxygen atoms in total. The molecular formula is C17H16ClNO3. The summed E-state index contributed by atoms with van der Waals surface area (Å²) in [5.41, 5.74) is 1.93.